The van der Waals surface area contributed by atoms with Crippen LogP contribution in [0.5, 0.6) is 0 Å². The number of aromatic nitrogens is 2. The molecule has 31 heavy (non-hydrogen) atoms. The number of carbonyl (C=O) groups is 2. The molecule has 4 rings (SSSR count). The van der Waals surface area contributed by atoms with Crippen molar-refractivity contribution in [1.82, 2.24) is 14.9 Å². The second-order valence-electron chi connectivity index (χ2n) is 7.43. The lowest BCUT2D eigenvalue weighted by molar-refractivity contribution is 0.102. The minimum Gasteiger partial charge on any atom is -0.336 e. The zero-order valence-corrected chi connectivity index (χ0v) is 17.3. The maximum atomic E-state index is 12.6. The van der Waals surface area contributed by atoms with Gasteiger partial charge in [-0.3, -0.25) is 9.36 Å². The van der Waals surface area contributed by atoms with E-state index in [0.717, 1.165) is 16.7 Å². The van der Waals surface area contributed by atoms with E-state index in [0.29, 0.717) is 16.9 Å². The Hall–Kier alpha value is -4.13. The second kappa shape index (κ2) is 8.71. The van der Waals surface area contributed by atoms with Crippen LogP contribution in [0.25, 0.3) is 16.7 Å². The molecular formula is C24H23N5O2. The summed E-state index contributed by atoms with van der Waals surface area (Å²) in [5.74, 6) is -0.223. The van der Waals surface area contributed by atoms with Gasteiger partial charge in [-0.25, -0.2) is 9.78 Å². The fraction of sp³-hybridized carbons (Fsp3) is 0.125. The molecule has 3 amide bonds. The lowest BCUT2D eigenvalue weighted by Crippen LogP contribution is -2.34. The molecular weight excluding hydrogens is 390 g/mol. The van der Waals surface area contributed by atoms with Crippen LogP contribution in [0.4, 0.5) is 16.2 Å². The number of para-hydroxylation sites is 2. The largest absolute Gasteiger partial charge is 0.336 e. The van der Waals surface area contributed by atoms with Gasteiger partial charge in [-0.2, -0.15) is 0 Å². The summed E-state index contributed by atoms with van der Waals surface area (Å²) < 4.78 is 2.00. The number of rotatable bonds is 5. The highest BCUT2D eigenvalue weighted by atomic mass is 16.2. The summed E-state index contributed by atoms with van der Waals surface area (Å²) in [7, 11) is 0. The third-order valence-corrected chi connectivity index (χ3v) is 4.68. The fourth-order valence-electron chi connectivity index (χ4n) is 3.21. The lowest BCUT2D eigenvalue weighted by Gasteiger charge is -2.11. The molecule has 0 saturated heterocycles. The summed E-state index contributed by atoms with van der Waals surface area (Å²) in [6.07, 6.45) is 1.79. The van der Waals surface area contributed by atoms with Crippen molar-refractivity contribution in [2.45, 2.75) is 19.9 Å². The molecule has 7 nitrogen and oxygen atoms in total. The van der Waals surface area contributed by atoms with Crippen molar-refractivity contribution < 1.29 is 9.59 Å². The molecule has 0 atom stereocenters. The summed E-state index contributed by atoms with van der Waals surface area (Å²) >= 11 is 0. The number of nitrogens with one attached hydrogen (secondary N) is 3. The quantitative estimate of drug-likeness (QED) is 0.439. The van der Waals surface area contributed by atoms with Crippen LogP contribution in [-0.2, 0) is 0 Å². The normalized spacial score (nSPS) is 10.8. The van der Waals surface area contributed by atoms with Crippen molar-refractivity contribution in [1.29, 1.82) is 0 Å². The van der Waals surface area contributed by atoms with E-state index in [1.165, 1.54) is 0 Å². The number of nitrogens with zero attached hydrogens (tertiary/aromatic N) is 2. The first-order valence-corrected chi connectivity index (χ1v) is 10.0. The smallest absolute Gasteiger partial charge is 0.319 e. The van der Waals surface area contributed by atoms with E-state index in [1.807, 2.05) is 66.9 Å². The Kier molecular flexibility index (Phi) is 5.66. The van der Waals surface area contributed by atoms with Gasteiger partial charge in [0.1, 0.15) is 6.33 Å². The molecule has 0 aliphatic carbocycles. The minimum absolute atomic E-state index is 0.0453. The zero-order chi connectivity index (χ0) is 21.8. The highest BCUT2D eigenvalue weighted by Gasteiger charge is 2.09. The van der Waals surface area contributed by atoms with E-state index in [1.54, 1.807) is 30.6 Å². The Morgan fingerprint density at radius 2 is 1.48 bits per heavy atom. The summed E-state index contributed by atoms with van der Waals surface area (Å²) in [6, 6.07) is 22.0. The minimum atomic E-state index is -0.280. The highest BCUT2D eigenvalue weighted by Crippen LogP contribution is 2.20. The number of imidazole rings is 1. The lowest BCUT2D eigenvalue weighted by atomic mass is 10.2. The molecule has 1 aromatic heterocycles. The number of anilines is 2. The monoisotopic (exact) mass is 413 g/mol. The van der Waals surface area contributed by atoms with Crippen LogP contribution in [0.15, 0.2) is 79.1 Å². The predicted molar refractivity (Wildman–Crippen MR) is 123 cm³/mol. The molecule has 0 aliphatic heterocycles. The maximum absolute atomic E-state index is 12.6. The van der Waals surface area contributed by atoms with Gasteiger partial charge in [0.2, 0.25) is 0 Å². The maximum Gasteiger partial charge on any atom is 0.319 e. The van der Waals surface area contributed by atoms with Crippen LogP contribution in [0, 0.1) is 0 Å². The highest BCUT2D eigenvalue weighted by molar-refractivity contribution is 6.04. The van der Waals surface area contributed by atoms with Gasteiger partial charge >= 0.3 is 6.03 Å². The molecule has 0 spiro atoms. The van der Waals surface area contributed by atoms with Crippen molar-refractivity contribution in [2.24, 2.45) is 0 Å². The Morgan fingerprint density at radius 1 is 0.839 bits per heavy atom. The summed E-state index contributed by atoms with van der Waals surface area (Å²) in [4.78, 5) is 28.7. The molecule has 156 valence electrons. The molecule has 0 bridgehead atoms. The van der Waals surface area contributed by atoms with E-state index >= 15 is 0 Å². The van der Waals surface area contributed by atoms with Gasteiger partial charge in [0, 0.05) is 28.7 Å². The third kappa shape index (κ3) is 4.72. The van der Waals surface area contributed by atoms with E-state index in [-0.39, 0.29) is 18.0 Å². The van der Waals surface area contributed by atoms with Gasteiger partial charge in [0.05, 0.1) is 11.0 Å². The second-order valence-corrected chi connectivity index (χ2v) is 7.43. The standard InChI is InChI=1S/C24H23N5O2/c1-16(2)26-24(31)28-19-9-7-17(8-10-19)23(30)27-18-11-13-20(14-12-18)29-15-25-21-5-3-4-6-22(21)29/h3-16H,1-2H3,(H,27,30)(H2,26,28,31). The average molecular weight is 413 g/mol. The van der Waals surface area contributed by atoms with Crippen LogP contribution < -0.4 is 16.0 Å². The van der Waals surface area contributed by atoms with Crippen molar-refractivity contribution in [2.75, 3.05) is 10.6 Å². The molecule has 3 aromatic carbocycles. The van der Waals surface area contributed by atoms with E-state index in [9.17, 15) is 9.59 Å². The van der Waals surface area contributed by atoms with Crippen LogP contribution in [0.1, 0.15) is 24.2 Å². The van der Waals surface area contributed by atoms with Crippen LogP contribution >= 0.6 is 0 Å². The number of carbonyl (C=O) groups excluding carboxylic acids is 2. The molecule has 0 aliphatic rings. The molecule has 3 N–H and O–H groups in total. The summed E-state index contributed by atoms with van der Waals surface area (Å²) in [5, 5.41) is 8.37. The van der Waals surface area contributed by atoms with E-state index in [2.05, 4.69) is 20.9 Å². The average Bonchev–Trinajstić information content (AvgIpc) is 3.18. The van der Waals surface area contributed by atoms with Crippen molar-refractivity contribution in [3.63, 3.8) is 0 Å². The summed E-state index contributed by atoms with van der Waals surface area (Å²) in [6.45, 7) is 3.77. The SMILES string of the molecule is CC(C)NC(=O)Nc1ccc(C(=O)Nc2ccc(-n3cnc4ccccc43)cc2)cc1. The Labute approximate surface area is 180 Å². The van der Waals surface area contributed by atoms with Crippen molar-refractivity contribution >= 4 is 34.3 Å². The van der Waals surface area contributed by atoms with Gasteiger partial charge in [-0.05, 0) is 74.5 Å². The Bertz CT molecular complexity index is 1210. The molecule has 1 heterocycles. The molecule has 4 aromatic rings. The molecule has 0 fully saturated rings. The Morgan fingerprint density at radius 3 is 2.19 bits per heavy atom. The number of fused-ring (bicyclic) bond motifs is 1. The predicted octanol–water partition coefficient (Wildman–Crippen LogP) is 4.81. The van der Waals surface area contributed by atoms with E-state index < -0.39 is 0 Å². The van der Waals surface area contributed by atoms with Gasteiger partial charge in [-0.15, -0.1) is 0 Å². The molecule has 0 saturated carbocycles. The van der Waals surface area contributed by atoms with Crippen LogP contribution in [0.3, 0.4) is 0 Å². The zero-order valence-electron chi connectivity index (χ0n) is 17.3. The molecule has 0 unspecified atom stereocenters. The summed E-state index contributed by atoms with van der Waals surface area (Å²) in [5.41, 5.74) is 4.72. The first-order chi connectivity index (χ1) is 15.0. The Balaban J connectivity index is 1.41. The van der Waals surface area contributed by atoms with Gasteiger partial charge < -0.3 is 16.0 Å². The fourth-order valence-corrected chi connectivity index (χ4v) is 3.21. The van der Waals surface area contributed by atoms with Gasteiger partial charge in [0.15, 0.2) is 0 Å². The third-order valence-electron chi connectivity index (χ3n) is 4.68. The van der Waals surface area contributed by atoms with Gasteiger partial charge in [0.25, 0.3) is 5.91 Å². The van der Waals surface area contributed by atoms with Crippen molar-refractivity contribution in [3.8, 4) is 5.69 Å². The number of urea groups is 1. The number of amides is 3. The number of hydrogen-bond donors (Lipinski definition) is 3. The molecule has 0 radical (unpaired) electrons. The van der Waals surface area contributed by atoms with Gasteiger partial charge in [-0.1, -0.05) is 12.1 Å². The van der Waals surface area contributed by atoms with Crippen LogP contribution in [-0.4, -0.2) is 27.5 Å². The number of benzene rings is 3. The van der Waals surface area contributed by atoms with E-state index in [4.69, 9.17) is 0 Å². The topological polar surface area (TPSA) is 88.0 Å². The molecule has 7 heteroatoms. The first-order valence-electron chi connectivity index (χ1n) is 10.0. The van der Waals surface area contributed by atoms with Crippen molar-refractivity contribution in [3.05, 3.63) is 84.7 Å². The first kappa shape index (κ1) is 20.2. The van der Waals surface area contributed by atoms with Crippen LogP contribution in [0.2, 0.25) is 0 Å². The number of hydrogen-bond acceptors (Lipinski definition) is 3.